The molecule has 1 fully saturated rings. The second kappa shape index (κ2) is 11.7. The molecule has 4 rings (SSSR count). The third-order valence-corrected chi connectivity index (χ3v) is 6.10. The van der Waals surface area contributed by atoms with Crippen molar-refractivity contribution in [3.63, 3.8) is 0 Å². The minimum Gasteiger partial charge on any atom is -0.481 e. The van der Waals surface area contributed by atoms with Gasteiger partial charge >= 0.3 is 0 Å². The Bertz CT molecular complexity index is 1410. The van der Waals surface area contributed by atoms with Gasteiger partial charge in [-0.05, 0) is 97.1 Å². The first-order valence-electron chi connectivity index (χ1n) is 11.9. The predicted molar refractivity (Wildman–Crippen MR) is 140 cm³/mol. The quantitative estimate of drug-likeness (QED) is 0.321. The number of aryl methyl sites for hydroxylation is 1. The van der Waals surface area contributed by atoms with Crippen molar-refractivity contribution in [1.82, 2.24) is 5.32 Å². The summed E-state index contributed by atoms with van der Waals surface area (Å²) in [6, 6.07) is 13.9. The lowest BCUT2D eigenvalue weighted by Crippen LogP contribution is -2.39. The van der Waals surface area contributed by atoms with Crippen molar-refractivity contribution >= 4 is 23.8 Å². The van der Waals surface area contributed by atoms with Crippen LogP contribution in [0.25, 0.3) is 12.2 Å². The van der Waals surface area contributed by atoms with Gasteiger partial charge in [-0.3, -0.25) is 9.59 Å². The summed E-state index contributed by atoms with van der Waals surface area (Å²) in [7, 11) is 0. The highest BCUT2D eigenvalue weighted by Crippen LogP contribution is 2.29. The van der Waals surface area contributed by atoms with E-state index >= 15 is 0 Å². The number of carbonyl (C=O) groups is 2. The zero-order valence-corrected chi connectivity index (χ0v) is 20.6. The number of hydrogen-bond acceptors (Lipinski definition) is 3. The van der Waals surface area contributed by atoms with Crippen molar-refractivity contribution in [1.29, 1.82) is 0 Å². The number of terminal acetylenes is 1. The van der Waals surface area contributed by atoms with Crippen molar-refractivity contribution in [2.75, 3.05) is 6.61 Å². The minimum absolute atomic E-state index is 0.109. The molecule has 1 amide bonds. The maximum atomic E-state index is 13.8. The number of nitrogens with one attached hydrogen (secondary N) is 1. The van der Waals surface area contributed by atoms with Gasteiger partial charge < -0.3 is 10.1 Å². The van der Waals surface area contributed by atoms with Gasteiger partial charge in [0.15, 0.2) is 17.4 Å². The fourth-order valence-electron chi connectivity index (χ4n) is 4.20. The molecule has 0 radical (unpaired) electrons. The summed E-state index contributed by atoms with van der Waals surface area (Å²) in [5, 5.41) is 2.95. The van der Waals surface area contributed by atoms with E-state index in [9.17, 15) is 22.8 Å². The van der Waals surface area contributed by atoms with Gasteiger partial charge in [-0.1, -0.05) is 18.1 Å². The lowest BCUT2D eigenvalue weighted by Gasteiger charge is -2.27. The highest BCUT2D eigenvalue weighted by Gasteiger charge is 2.29. The molecule has 3 aromatic carbocycles. The molecule has 3 aromatic rings. The monoisotopic (exact) mass is 515 g/mol. The first-order valence-corrected chi connectivity index (χ1v) is 11.9. The normalized spacial score (nSPS) is 17.3. The van der Waals surface area contributed by atoms with Gasteiger partial charge in [0.25, 0.3) is 5.91 Å². The van der Waals surface area contributed by atoms with Crippen LogP contribution >= 0.6 is 0 Å². The Morgan fingerprint density at radius 3 is 2.13 bits per heavy atom. The number of amides is 1. The Kier molecular flexibility index (Phi) is 8.12. The molecule has 192 valence electrons. The van der Waals surface area contributed by atoms with Crippen molar-refractivity contribution in [3.05, 3.63) is 112 Å². The molecule has 1 unspecified atom stereocenters. The van der Waals surface area contributed by atoms with Gasteiger partial charge in [0.2, 0.25) is 0 Å². The van der Waals surface area contributed by atoms with Crippen LogP contribution in [0.2, 0.25) is 0 Å². The SMILES string of the molecule is C#CCOc1ccc(C(=O)NC2C/C(=C\c3ccc(F)c(C)c3)C(=O)/C(=C/c3ccc(F)c(F)c3)C2)cc1. The van der Waals surface area contributed by atoms with Crippen LogP contribution in [0.15, 0.2) is 71.8 Å². The van der Waals surface area contributed by atoms with E-state index in [1.807, 2.05) is 0 Å². The summed E-state index contributed by atoms with van der Waals surface area (Å²) in [4.78, 5) is 26.3. The summed E-state index contributed by atoms with van der Waals surface area (Å²) in [6.07, 6.45) is 8.76. The van der Waals surface area contributed by atoms with E-state index < -0.39 is 17.7 Å². The summed E-state index contributed by atoms with van der Waals surface area (Å²) in [6.45, 7) is 1.73. The van der Waals surface area contributed by atoms with Gasteiger partial charge in [-0.25, -0.2) is 13.2 Å². The van der Waals surface area contributed by atoms with E-state index in [1.165, 1.54) is 18.2 Å². The molecule has 0 bridgehead atoms. The number of halogens is 3. The third-order valence-electron chi connectivity index (χ3n) is 6.10. The highest BCUT2D eigenvalue weighted by atomic mass is 19.2. The van der Waals surface area contributed by atoms with Crippen LogP contribution in [0.4, 0.5) is 13.2 Å². The number of carbonyl (C=O) groups excluding carboxylic acids is 2. The molecule has 1 aliphatic rings. The van der Waals surface area contributed by atoms with Gasteiger partial charge in [-0.15, -0.1) is 6.42 Å². The van der Waals surface area contributed by atoms with Crippen molar-refractivity contribution in [2.24, 2.45) is 0 Å². The number of rotatable bonds is 6. The van der Waals surface area contributed by atoms with E-state index in [0.29, 0.717) is 39.1 Å². The minimum atomic E-state index is -1.03. The Morgan fingerprint density at radius 1 is 0.947 bits per heavy atom. The molecule has 38 heavy (non-hydrogen) atoms. The number of ether oxygens (including phenoxy) is 1. The van der Waals surface area contributed by atoms with Crippen LogP contribution in [0.5, 0.6) is 5.75 Å². The van der Waals surface area contributed by atoms with Crippen molar-refractivity contribution < 1.29 is 27.5 Å². The first-order chi connectivity index (χ1) is 18.2. The summed E-state index contributed by atoms with van der Waals surface area (Å²) < 4.78 is 46.3. The average molecular weight is 516 g/mol. The molecule has 1 aliphatic carbocycles. The van der Waals surface area contributed by atoms with Gasteiger partial charge in [0, 0.05) is 22.8 Å². The van der Waals surface area contributed by atoms with E-state index in [2.05, 4.69) is 11.2 Å². The second-order valence-electron chi connectivity index (χ2n) is 8.95. The summed E-state index contributed by atoms with van der Waals surface area (Å²) >= 11 is 0. The lowest BCUT2D eigenvalue weighted by atomic mass is 9.83. The Hall–Kier alpha value is -4.57. The zero-order valence-electron chi connectivity index (χ0n) is 20.6. The molecule has 1 saturated carbocycles. The molecule has 7 heteroatoms. The Labute approximate surface area is 218 Å². The van der Waals surface area contributed by atoms with Crippen LogP contribution in [0.3, 0.4) is 0 Å². The fraction of sp³-hybridized carbons (Fsp3) is 0.161. The molecular weight excluding hydrogens is 491 g/mol. The smallest absolute Gasteiger partial charge is 0.251 e. The van der Waals surface area contributed by atoms with E-state index in [-0.39, 0.29) is 37.0 Å². The van der Waals surface area contributed by atoms with Crippen LogP contribution in [-0.4, -0.2) is 24.3 Å². The molecule has 0 heterocycles. The molecule has 1 atom stereocenters. The number of benzene rings is 3. The number of hydrogen-bond donors (Lipinski definition) is 1. The van der Waals surface area contributed by atoms with Crippen molar-refractivity contribution in [3.8, 4) is 18.1 Å². The maximum Gasteiger partial charge on any atom is 0.251 e. The summed E-state index contributed by atoms with van der Waals surface area (Å²) in [5.74, 6) is -0.113. The molecule has 0 spiro atoms. The first kappa shape index (κ1) is 26.5. The highest BCUT2D eigenvalue weighted by molar-refractivity contribution is 6.14. The number of ketones is 1. The molecule has 4 nitrogen and oxygen atoms in total. The molecular formula is C31H24F3NO3. The van der Waals surface area contributed by atoms with Crippen LogP contribution in [0, 0.1) is 36.7 Å². The topological polar surface area (TPSA) is 55.4 Å². The Morgan fingerprint density at radius 2 is 1.55 bits per heavy atom. The van der Waals surface area contributed by atoms with Gasteiger partial charge in [0.05, 0.1) is 0 Å². The van der Waals surface area contributed by atoms with Gasteiger partial charge in [-0.2, -0.15) is 0 Å². The van der Waals surface area contributed by atoms with E-state index in [4.69, 9.17) is 11.2 Å². The van der Waals surface area contributed by atoms with Crippen LogP contribution in [0.1, 0.15) is 39.9 Å². The molecule has 1 N–H and O–H groups in total. The predicted octanol–water partition coefficient (Wildman–Crippen LogP) is 6.05. The largest absolute Gasteiger partial charge is 0.481 e. The third kappa shape index (κ3) is 6.40. The van der Waals surface area contributed by atoms with Crippen LogP contribution in [-0.2, 0) is 4.79 Å². The molecule has 0 aromatic heterocycles. The van der Waals surface area contributed by atoms with Crippen LogP contribution < -0.4 is 10.1 Å². The standard InChI is InChI=1S/C31H24F3NO3/c1-3-12-38-26-8-6-22(7-9-26)31(37)35-25-17-23(14-20-4-10-27(32)19(2)13-20)30(36)24(18-25)15-21-5-11-28(33)29(34)16-21/h1,4-11,13-16,25H,12,17-18H2,2H3,(H,35,37)/b23-14+,24-15+. The van der Waals surface area contributed by atoms with E-state index in [0.717, 1.165) is 12.1 Å². The summed E-state index contributed by atoms with van der Waals surface area (Å²) in [5.41, 5.74) is 2.50. The average Bonchev–Trinajstić information content (AvgIpc) is 2.90. The zero-order chi connectivity index (χ0) is 27.2. The van der Waals surface area contributed by atoms with Gasteiger partial charge in [0.1, 0.15) is 18.2 Å². The molecule has 0 saturated heterocycles. The number of Topliss-reactive ketones (excluding diaryl/α,β-unsaturated/α-hetero) is 1. The maximum absolute atomic E-state index is 13.8. The lowest BCUT2D eigenvalue weighted by molar-refractivity contribution is -0.113. The molecule has 0 aliphatic heterocycles. The fourth-order valence-corrected chi connectivity index (χ4v) is 4.20. The van der Waals surface area contributed by atoms with Crippen molar-refractivity contribution in [2.45, 2.75) is 25.8 Å². The van der Waals surface area contributed by atoms with E-state index in [1.54, 1.807) is 49.4 Å². The Balaban J connectivity index is 1.62. The second-order valence-corrected chi connectivity index (χ2v) is 8.95.